The summed E-state index contributed by atoms with van der Waals surface area (Å²) in [6.45, 7) is 3.00. The van der Waals surface area contributed by atoms with Gasteiger partial charge in [-0.05, 0) is 44.2 Å². The highest BCUT2D eigenvalue weighted by Gasteiger charge is 2.66. The molecule has 29 heavy (non-hydrogen) atoms. The van der Waals surface area contributed by atoms with Crippen LogP contribution in [0.15, 0.2) is 29.3 Å². The highest BCUT2D eigenvalue weighted by atomic mass is 16.5. The van der Waals surface area contributed by atoms with Gasteiger partial charge in [-0.2, -0.15) is 0 Å². The third-order valence-corrected chi connectivity index (χ3v) is 7.73. The standard InChI is InChI=1S/C23H34N4O2/c1-24-22(26-20-19-9-13-29-21(19)23(20)10-5-11-23)25-16-6-4-12-27(15-16)17-7-3-8-18(14-17)28-2/h3,7-8,14,16,19-21H,4-6,9-13,15H2,1-2H3,(H2,24,25,26). The van der Waals surface area contributed by atoms with E-state index in [1.165, 1.54) is 44.2 Å². The van der Waals surface area contributed by atoms with E-state index in [1.807, 2.05) is 13.1 Å². The van der Waals surface area contributed by atoms with Crippen LogP contribution in [0.4, 0.5) is 5.69 Å². The molecular weight excluding hydrogens is 364 g/mol. The maximum atomic E-state index is 6.07. The largest absolute Gasteiger partial charge is 0.497 e. The molecule has 6 nitrogen and oxygen atoms in total. The predicted octanol–water partition coefficient (Wildman–Crippen LogP) is 2.79. The van der Waals surface area contributed by atoms with Crippen molar-refractivity contribution in [2.24, 2.45) is 16.3 Å². The van der Waals surface area contributed by atoms with Crippen LogP contribution in [0.25, 0.3) is 0 Å². The zero-order chi connectivity index (χ0) is 19.8. The molecule has 2 aliphatic heterocycles. The number of rotatable bonds is 4. The molecule has 4 fully saturated rings. The second kappa shape index (κ2) is 7.71. The number of guanidine groups is 1. The van der Waals surface area contributed by atoms with E-state index < -0.39 is 0 Å². The Labute approximate surface area is 174 Å². The van der Waals surface area contributed by atoms with Gasteiger partial charge in [0.05, 0.1) is 13.2 Å². The van der Waals surface area contributed by atoms with Crippen LogP contribution in [0.3, 0.4) is 0 Å². The molecule has 1 aromatic carbocycles. The van der Waals surface area contributed by atoms with E-state index in [2.05, 4.69) is 38.7 Å². The van der Waals surface area contributed by atoms with Crippen molar-refractivity contribution in [2.75, 3.05) is 38.8 Å². The number of aliphatic imine (C=N–C) groups is 1. The number of anilines is 1. The number of nitrogens with one attached hydrogen (secondary N) is 2. The van der Waals surface area contributed by atoms with Gasteiger partial charge in [-0.1, -0.05) is 12.5 Å². The predicted molar refractivity (Wildman–Crippen MR) is 116 cm³/mol. The summed E-state index contributed by atoms with van der Waals surface area (Å²) in [5.41, 5.74) is 1.61. The van der Waals surface area contributed by atoms with Crippen molar-refractivity contribution in [3.05, 3.63) is 24.3 Å². The van der Waals surface area contributed by atoms with Gasteiger partial charge in [0.15, 0.2) is 5.96 Å². The molecule has 4 atom stereocenters. The SMILES string of the molecule is CN=C(NC1CCCN(c2cccc(OC)c2)C1)NC1C2CCOC2C12CCC2. The van der Waals surface area contributed by atoms with Gasteiger partial charge in [-0.25, -0.2) is 0 Å². The fourth-order valence-electron chi connectivity index (χ4n) is 6.10. The highest BCUT2D eigenvalue weighted by Crippen LogP contribution is 2.62. The topological polar surface area (TPSA) is 58.1 Å². The molecular formula is C23H34N4O2. The molecule has 0 aromatic heterocycles. The Hall–Kier alpha value is -1.95. The van der Waals surface area contributed by atoms with Crippen LogP contribution < -0.4 is 20.3 Å². The smallest absolute Gasteiger partial charge is 0.191 e. The van der Waals surface area contributed by atoms with Gasteiger partial charge in [-0.15, -0.1) is 0 Å². The molecule has 158 valence electrons. The van der Waals surface area contributed by atoms with Gasteiger partial charge >= 0.3 is 0 Å². The molecule has 1 aromatic rings. The molecule has 4 unspecified atom stereocenters. The maximum Gasteiger partial charge on any atom is 0.191 e. The van der Waals surface area contributed by atoms with Gasteiger partial charge < -0.3 is 25.0 Å². The summed E-state index contributed by atoms with van der Waals surface area (Å²) < 4.78 is 11.5. The Bertz CT molecular complexity index is 763. The van der Waals surface area contributed by atoms with Crippen LogP contribution in [0.2, 0.25) is 0 Å². The molecule has 2 saturated heterocycles. The van der Waals surface area contributed by atoms with Crippen LogP contribution in [0, 0.1) is 11.3 Å². The fraction of sp³-hybridized carbons (Fsp3) is 0.696. The molecule has 2 heterocycles. The van der Waals surface area contributed by atoms with Crippen LogP contribution in [0.1, 0.15) is 38.5 Å². The first kappa shape index (κ1) is 19.0. The van der Waals surface area contributed by atoms with Crippen molar-refractivity contribution in [1.29, 1.82) is 0 Å². The zero-order valence-corrected chi connectivity index (χ0v) is 17.7. The lowest BCUT2D eigenvalue weighted by Gasteiger charge is -2.63. The van der Waals surface area contributed by atoms with E-state index in [1.54, 1.807) is 7.11 Å². The third-order valence-electron chi connectivity index (χ3n) is 7.73. The van der Waals surface area contributed by atoms with Crippen LogP contribution in [-0.2, 0) is 4.74 Å². The second-order valence-corrected chi connectivity index (χ2v) is 9.16. The Kier molecular flexibility index (Phi) is 5.06. The lowest BCUT2D eigenvalue weighted by molar-refractivity contribution is -0.171. The summed E-state index contributed by atoms with van der Waals surface area (Å²) in [4.78, 5) is 7.04. The summed E-state index contributed by atoms with van der Waals surface area (Å²) in [5, 5.41) is 7.53. The molecule has 5 rings (SSSR count). The number of piperidine rings is 1. The summed E-state index contributed by atoms with van der Waals surface area (Å²) in [6, 6.07) is 9.30. The van der Waals surface area contributed by atoms with E-state index in [9.17, 15) is 0 Å². The van der Waals surface area contributed by atoms with Crippen molar-refractivity contribution >= 4 is 11.6 Å². The quantitative estimate of drug-likeness (QED) is 0.603. The fourth-order valence-corrected chi connectivity index (χ4v) is 6.10. The molecule has 1 spiro atoms. The number of benzene rings is 1. The van der Waals surface area contributed by atoms with Gasteiger partial charge in [0.25, 0.3) is 0 Å². The number of hydrogen-bond donors (Lipinski definition) is 2. The van der Waals surface area contributed by atoms with Crippen LogP contribution in [0.5, 0.6) is 5.75 Å². The minimum atomic E-state index is 0.373. The second-order valence-electron chi connectivity index (χ2n) is 9.16. The minimum absolute atomic E-state index is 0.373. The minimum Gasteiger partial charge on any atom is -0.497 e. The molecule has 0 amide bonds. The van der Waals surface area contributed by atoms with E-state index in [4.69, 9.17) is 9.47 Å². The number of hydrogen-bond acceptors (Lipinski definition) is 4. The van der Waals surface area contributed by atoms with Gasteiger partial charge in [0.1, 0.15) is 5.75 Å². The Morgan fingerprint density at radius 1 is 1.24 bits per heavy atom. The van der Waals surface area contributed by atoms with Crippen molar-refractivity contribution in [1.82, 2.24) is 10.6 Å². The van der Waals surface area contributed by atoms with E-state index in [0.29, 0.717) is 29.5 Å². The maximum absolute atomic E-state index is 6.07. The van der Waals surface area contributed by atoms with Crippen molar-refractivity contribution in [3.8, 4) is 5.75 Å². The first-order valence-electron chi connectivity index (χ1n) is 11.2. The molecule has 0 radical (unpaired) electrons. The molecule has 2 aliphatic carbocycles. The number of methoxy groups -OCH3 is 1. The van der Waals surface area contributed by atoms with Crippen molar-refractivity contribution in [2.45, 2.75) is 56.7 Å². The van der Waals surface area contributed by atoms with Gasteiger partial charge in [0, 0.05) is 61.9 Å². The first-order chi connectivity index (χ1) is 14.2. The summed E-state index contributed by atoms with van der Waals surface area (Å²) in [7, 11) is 3.62. The van der Waals surface area contributed by atoms with Crippen molar-refractivity contribution in [3.63, 3.8) is 0 Å². The van der Waals surface area contributed by atoms with Crippen molar-refractivity contribution < 1.29 is 9.47 Å². The number of ether oxygens (including phenoxy) is 2. The van der Waals surface area contributed by atoms with Crippen LogP contribution >= 0.6 is 0 Å². The molecule has 4 aliphatic rings. The zero-order valence-electron chi connectivity index (χ0n) is 17.7. The Morgan fingerprint density at radius 2 is 2.14 bits per heavy atom. The first-order valence-corrected chi connectivity index (χ1v) is 11.2. The lowest BCUT2D eigenvalue weighted by atomic mass is 9.46. The average molecular weight is 399 g/mol. The Morgan fingerprint density at radius 3 is 2.90 bits per heavy atom. The van der Waals surface area contributed by atoms with Gasteiger partial charge in [0.2, 0.25) is 0 Å². The van der Waals surface area contributed by atoms with Gasteiger partial charge in [-0.3, -0.25) is 4.99 Å². The molecule has 6 heteroatoms. The van der Waals surface area contributed by atoms with E-state index in [-0.39, 0.29) is 0 Å². The highest BCUT2D eigenvalue weighted by molar-refractivity contribution is 5.80. The number of fused-ring (bicyclic) bond motifs is 2. The third kappa shape index (κ3) is 3.25. The molecule has 0 bridgehead atoms. The molecule has 2 saturated carbocycles. The summed E-state index contributed by atoms with van der Waals surface area (Å²) in [6.07, 6.45) is 7.98. The summed E-state index contributed by atoms with van der Waals surface area (Å²) in [5.74, 6) is 2.54. The monoisotopic (exact) mass is 398 g/mol. The Balaban J connectivity index is 1.22. The van der Waals surface area contributed by atoms with E-state index in [0.717, 1.165) is 31.4 Å². The van der Waals surface area contributed by atoms with Crippen LogP contribution in [-0.4, -0.2) is 58.0 Å². The lowest BCUT2D eigenvalue weighted by Crippen LogP contribution is -2.73. The van der Waals surface area contributed by atoms with E-state index >= 15 is 0 Å². The molecule has 2 N–H and O–H groups in total. The average Bonchev–Trinajstić information content (AvgIpc) is 3.15. The normalized spacial score (nSPS) is 32.9. The summed E-state index contributed by atoms with van der Waals surface area (Å²) >= 11 is 0. The number of nitrogens with zero attached hydrogens (tertiary/aromatic N) is 2.